The second-order valence-corrected chi connectivity index (χ2v) is 6.91. The molecule has 4 atom stereocenters. The van der Waals surface area contributed by atoms with Crippen molar-refractivity contribution in [3.63, 3.8) is 0 Å². The van der Waals surface area contributed by atoms with Gasteiger partial charge in [0, 0.05) is 26.4 Å². The topological polar surface area (TPSA) is 36.9 Å². The Kier molecular flexibility index (Phi) is 6.99. The summed E-state index contributed by atoms with van der Waals surface area (Å²) in [5.41, 5.74) is 0. The third-order valence-corrected chi connectivity index (χ3v) is 5.19. The van der Waals surface area contributed by atoms with Crippen molar-refractivity contribution in [1.82, 2.24) is 0 Å². The van der Waals surface area contributed by atoms with Crippen molar-refractivity contribution in [2.45, 2.75) is 88.6 Å². The molecule has 0 aromatic carbocycles. The van der Waals surface area contributed by atoms with Gasteiger partial charge in [-0.3, -0.25) is 0 Å². The standard InChI is InChI=1S/C18H32O4/c1-2-8-16-15(7-1)19-11-5-13-21-17-9-3-4-10-18(17)22-14-6-12-20-16/h15-18H,1-14H2/t15-,16+,17+,18-. The number of hydrogen-bond donors (Lipinski definition) is 0. The van der Waals surface area contributed by atoms with Crippen molar-refractivity contribution >= 4 is 0 Å². The molecule has 22 heavy (non-hydrogen) atoms. The molecule has 0 aromatic rings. The summed E-state index contributed by atoms with van der Waals surface area (Å²) in [5.74, 6) is 0. The SMILES string of the molecule is C1CO[C@H]2CCCC[C@H]2OCCCO[C@H]2CCCC[C@H]2OC1. The van der Waals surface area contributed by atoms with Crippen molar-refractivity contribution in [2.75, 3.05) is 26.4 Å². The summed E-state index contributed by atoms with van der Waals surface area (Å²) in [6.07, 6.45) is 12.8. The van der Waals surface area contributed by atoms with Crippen molar-refractivity contribution < 1.29 is 18.9 Å². The van der Waals surface area contributed by atoms with Crippen LogP contribution in [-0.2, 0) is 18.9 Å². The minimum Gasteiger partial charge on any atom is -0.375 e. The Bertz CT molecular complexity index is 251. The normalized spacial score (nSPS) is 39.3. The van der Waals surface area contributed by atoms with Crippen LogP contribution in [0.4, 0.5) is 0 Å². The predicted molar refractivity (Wildman–Crippen MR) is 85.1 cm³/mol. The molecule has 0 N–H and O–H groups in total. The Morgan fingerprint density at radius 3 is 0.909 bits per heavy atom. The van der Waals surface area contributed by atoms with Crippen molar-refractivity contribution in [1.29, 1.82) is 0 Å². The van der Waals surface area contributed by atoms with E-state index in [0.29, 0.717) is 24.4 Å². The van der Waals surface area contributed by atoms with Gasteiger partial charge in [-0.25, -0.2) is 0 Å². The third kappa shape index (κ3) is 4.92. The molecule has 1 heterocycles. The zero-order valence-electron chi connectivity index (χ0n) is 13.8. The van der Waals surface area contributed by atoms with E-state index in [9.17, 15) is 0 Å². The lowest BCUT2D eigenvalue weighted by Gasteiger charge is -2.33. The largest absolute Gasteiger partial charge is 0.375 e. The fourth-order valence-electron chi connectivity index (χ4n) is 3.94. The van der Waals surface area contributed by atoms with Crippen LogP contribution in [0.25, 0.3) is 0 Å². The number of rotatable bonds is 0. The van der Waals surface area contributed by atoms with Gasteiger partial charge in [-0.1, -0.05) is 25.7 Å². The molecule has 2 aliphatic carbocycles. The van der Waals surface area contributed by atoms with Gasteiger partial charge in [0.15, 0.2) is 0 Å². The van der Waals surface area contributed by atoms with Crippen LogP contribution in [0.2, 0.25) is 0 Å². The summed E-state index contributed by atoms with van der Waals surface area (Å²) in [6.45, 7) is 3.18. The van der Waals surface area contributed by atoms with Crippen LogP contribution >= 0.6 is 0 Å². The van der Waals surface area contributed by atoms with Crippen LogP contribution in [0, 0.1) is 0 Å². The molecular weight excluding hydrogens is 280 g/mol. The van der Waals surface area contributed by atoms with Crippen molar-refractivity contribution in [2.24, 2.45) is 0 Å². The van der Waals surface area contributed by atoms with Crippen LogP contribution in [0.15, 0.2) is 0 Å². The second-order valence-electron chi connectivity index (χ2n) is 6.91. The zero-order valence-corrected chi connectivity index (χ0v) is 13.8. The highest BCUT2D eigenvalue weighted by atomic mass is 16.6. The van der Waals surface area contributed by atoms with Crippen molar-refractivity contribution in [3.8, 4) is 0 Å². The molecule has 0 aromatic heterocycles. The average molecular weight is 312 g/mol. The maximum absolute atomic E-state index is 6.09. The summed E-state index contributed by atoms with van der Waals surface area (Å²) >= 11 is 0. The molecule has 0 unspecified atom stereocenters. The molecule has 128 valence electrons. The van der Waals surface area contributed by atoms with Gasteiger partial charge < -0.3 is 18.9 Å². The highest BCUT2D eigenvalue weighted by molar-refractivity contribution is 4.78. The Morgan fingerprint density at radius 1 is 0.364 bits per heavy atom. The highest BCUT2D eigenvalue weighted by Crippen LogP contribution is 2.26. The quantitative estimate of drug-likeness (QED) is 0.686. The van der Waals surface area contributed by atoms with Crippen LogP contribution in [0.3, 0.4) is 0 Å². The number of fused-ring (bicyclic) bond motifs is 2. The second kappa shape index (κ2) is 9.21. The van der Waals surface area contributed by atoms with Crippen LogP contribution in [0.5, 0.6) is 0 Å². The molecule has 0 radical (unpaired) electrons. The maximum Gasteiger partial charge on any atom is 0.0836 e. The fourth-order valence-corrected chi connectivity index (χ4v) is 3.94. The molecule has 1 aliphatic heterocycles. The predicted octanol–water partition coefficient (Wildman–Crippen LogP) is 3.47. The van der Waals surface area contributed by atoms with Gasteiger partial charge in [-0.05, 0) is 38.5 Å². The van der Waals surface area contributed by atoms with Crippen molar-refractivity contribution in [3.05, 3.63) is 0 Å². The molecule has 3 fully saturated rings. The summed E-state index contributed by atoms with van der Waals surface area (Å²) in [6, 6.07) is 0. The van der Waals surface area contributed by atoms with Gasteiger partial charge in [0.2, 0.25) is 0 Å². The van der Waals surface area contributed by atoms with E-state index in [-0.39, 0.29) is 0 Å². The highest BCUT2D eigenvalue weighted by Gasteiger charge is 2.28. The Hall–Kier alpha value is -0.160. The Labute approximate surface area is 134 Å². The van der Waals surface area contributed by atoms with E-state index in [0.717, 1.165) is 65.0 Å². The molecule has 3 aliphatic rings. The Morgan fingerprint density at radius 2 is 0.636 bits per heavy atom. The van der Waals surface area contributed by atoms with Gasteiger partial charge in [0.05, 0.1) is 24.4 Å². The molecule has 4 heteroatoms. The van der Waals surface area contributed by atoms with Gasteiger partial charge in [0.1, 0.15) is 0 Å². The lowest BCUT2D eigenvalue weighted by Crippen LogP contribution is -2.37. The van der Waals surface area contributed by atoms with Gasteiger partial charge in [-0.15, -0.1) is 0 Å². The summed E-state index contributed by atoms with van der Waals surface area (Å²) in [7, 11) is 0. The molecule has 0 bridgehead atoms. The van der Waals surface area contributed by atoms with Crippen LogP contribution in [0.1, 0.15) is 64.2 Å². The van der Waals surface area contributed by atoms with Gasteiger partial charge >= 0.3 is 0 Å². The molecule has 4 nitrogen and oxygen atoms in total. The molecule has 0 spiro atoms. The third-order valence-electron chi connectivity index (χ3n) is 5.19. The van der Waals surface area contributed by atoms with Gasteiger partial charge in [-0.2, -0.15) is 0 Å². The van der Waals surface area contributed by atoms with E-state index >= 15 is 0 Å². The zero-order chi connectivity index (χ0) is 15.0. The first kappa shape index (κ1) is 16.7. The monoisotopic (exact) mass is 312 g/mol. The van der Waals surface area contributed by atoms with E-state index in [1.807, 2.05) is 0 Å². The van der Waals surface area contributed by atoms with Crippen LogP contribution in [-0.4, -0.2) is 50.8 Å². The maximum atomic E-state index is 6.09. The summed E-state index contributed by atoms with van der Waals surface area (Å²) in [5, 5.41) is 0. The first-order valence-electron chi connectivity index (χ1n) is 9.40. The van der Waals surface area contributed by atoms with E-state index in [1.165, 1.54) is 25.7 Å². The minimum absolute atomic E-state index is 0.292. The van der Waals surface area contributed by atoms with E-state index in [4.69, 9.17) is 18.9 Å². The fraction of sp³-hybridized carbons (Fsp3) is 1.00. The van der Waals surface area contributed by atoms with Crippen LogP contribution < -0.4 is 0 Å². The Balaban J connectivity index is 1.50. The van der Waals surface area contributed by atoms with E-state index < -0.39 is 0 Å². The van der Waals surface area contributed by atoms with Gasteiger partial charge in [0.25, 0.3) is 0 Å². The number of hydrogen-bond acceptors (Lipinski definition) is 4. The lowest BCUT2D eigenvalue weighted by atomic mass is 9.94. The number of ether oxygens (including phenoxy) is 4. The molecule has 3 rings (SSSR count). The van der Waals surface area contributed by atoms with E-state index in [2.05, 4.69) is 0 Å². The summed E-state index contributed by atoms with van der Waals surface area (Å²) < 4.78 is 24.4. The molecule has 2 saturated carbocycles. The smallest absolute Gasteiger partial charge is 0.0836 e. The van der Waals surface area contributed by atoms with E-state index in [1.54, 1.807) is 0 Å². The molecule has 0 amide bonds. The first-order valence-corrected chi connectivity index (χ1v) is 9.40. The summed E-state index contributed by atoms with van der Waals surface area (Å²) in [4.78, 5) is 0. The molecular formula is C18H32O4. The lowest BCUT2D eigenvalue weighted by molar-refractivity contribution is -0.123. The average Bonchev–Trinajstić information content (AvgIpc) is 2.56. The molecule has 1 saturated heterocycles. The first-order chi connectivity index (χ1) is 10.9. The minimum atomic E-state index is 0.292.